The van der Waals surface area contributed by atoms with Gasteiger partial charge in [0.25, 0.3) is 11.6 Å². The van der Waals surface area contributed by atoms with E-state index in [9.17, 15) is 32.9 Å². The summed E-state index contributed by atoms with van der Waals surface area (Å²) in [6, 6.07) is 7.00. The van der Waals surface area contributed by atoms with Crippen molar-refractivity contribution < 1.29 is 32.4 Å². The smallest absolute Gasteiger partial charge is 0.416 e. The van der Waals surface area contributed by atoms with Gasteiger partial charge < -0.3 is 10.1 Å². The zero-order valence-electron chi connectivity index (χ0n) is 14.1. The number of rotatable bonds is 5. The maximum Gasteiger partial charge on any atom is 0.416 e. The molecule has 0 saturated heterocycles. The lowest BCUT2D eigenvalue weighted by atomic mass is 10.2. The second-order valence-corrected chi connectivity index (χ2v) is 5.94. The Balaban J connectivity index is 2.06. The Hall–Kier alpha value is -3.14. The van der Waals surface area contributed by atoms with Gasteiger partial charge in [-0.05, 0) is 31.2 Å². The van der Waals surface area contributed by atoms with Crippen LogP contribution in [0.4, 0.5) is 24.5 Å². The van der Waals surface area contributed by atoms with Gasteiger partial charge in [0.2, 0.25) is 0 Å². The summed E-state index contributed by atoms with van der Waals surface area (Å²) in [6.45, 7) is 1.21. The first-order valence-electron chi connectivity index (χ1n) is 7.62. The highest BCUT2D eigenvalue weighted by Crippen LogP contribution is 2.30. The summed E-state index contributed by atoms with van der Waals surface area (Å²) in [6.07, 6.45) is -5.95. The van der Waals surface area contributed by atoms with Gasteiger partial charge in [0.15, 0.2) is 6.10 Å². The summed E-state index contributed by atoms with van der Waals surface area (Å²) < 4.78 is 43.0. The Morgan fingerprint density at radius 1 is 1.21 bits per heavy atom. The summed E-state index contributed by atoms with van der Waals surface area (Å²) in [7, 11) is 0. The lowest BCUT2D eigenvalue weighted by molar-refractivity contribution is -0.384. The summed E-state index contributed by atoms with van der Waals surface area (Å²) >= 11 is 5.81. The number of halogens is 4. The van der Waals surface area contributed by atoms with E-state index in [4.69, 9.17) is 16.3 Å². The number of nitro groups is 1. The van der Waals surface area contributed by atoms with Gasteiger partial charge in [0, 0.05) is 17.8 Å². The van der Waals surface area contributed by atoms with Crippen LogP contribution in [-0.2, 0) is 15.7 Å². The number of anilines is 1. The number of carbonyl (C=O) groups is 2. The number of nitro benzene ring substituents is 1. The molecule has 2 aromatic rings. The zero-order chi connectivity index (χ0) is 21.1. The van der Waals surface area contributed by atoms with Crippen molar-refractivity contribution in [3.05, 3.63) is 68.7 Å². The van der Waals surface area contributed by atoms with E-state index >= 15 is 0 Å². The van der Waals surface area contributed by atoms with Crippen LogP contribution < -0.4 is 5.32 Å². The van der Waals surface area contributed by atoms with Crippen LogP contribution >= 0.6 is 11.6 Å². The molecule has 0 heterocycles. The fraction of sp³-hybridized carbons (Fsp3) is 0.176. The maximum atomic E-state index is 12.7. The molecule has 0 aliphatic heterocycles. The minimum Gasteiger partial charge on any atom is -0.449 e. The molecule has 0 aliphatic rings. The van der Waals surface area contributed by atoms with Crippen molar-refractivity contribution in [1.82, 2.24) is 0 Å². The van der Waals surface area contributed by atoms with Gasteiger partial charge in [0.05, 0.1) is 21.1 Å². The number of ether oxygens (including phenoxy) is 1. The Morgan fingerprint density at radius 2 is 1.89 bits per heavy atom. The van der Waals surface area contributed by atoms with Crippen molar-refractivity contribution in [2.45, 2.75) is 19.2 Å². The van der Waals surface area contributed by atoms with Gasteiger partial charge in [0.1, 0.15) is 0 Å². The van der Waals surface area contributed by atoms with Gasteiger partial charge >= 0.3 is 12.1 Å². The monoisotopic (exact) mass is 416 g/mol. The number of hydrogen-bond donors (Lipinski definition) is 1. The largest absolute Gasteiger partial charge is 0.449 e. The number of esters is 1. The van der Waals surface area contributed by atoms with E-state index in [1.54, 1.807) is 0 Å². The average molecular weight is 417 g/mol. The van der Waals surface area contributed by atoms with E-state index in [0.29, 0.717) is 0 Å². The van der Waals surface area contributed by atoms with E-state index in [1.165, 1.54) is 13.0 Å². The molecule has 1 N–H and O–H groups in total. The fourth-order valence-corrected chi connectivity index (χ4v) is 2.33. The number of non-ortho nitro benzene ring substituents is 1. The second kappa shape index (κ2) is 8.26. The number of alkyl halides is 3. The SMILES string of the molecule is C[C@H](OC(=O)c1ccc([N+](=O)[O-])cc1Cl)C(=O)Nc1cccc(C(F)(F)F)c1. The molecule has 11 heteroatoms. The van der Waals surface area contributed by atoms with Crippen LogP contribution in [0.15, 0.2) is 42.5 Å². The van der Waals surface area contributed by atoms with Crippen LogP contribution in [0.25, 0.3) is 0 Å². The van der Waals surface area contributed by atoms with Crippen LogP contribution in [0.3, 0.4) is 0 Å². The molecule has 2 aromatic carbocycles. The molecule has 7 nitrogen and oxygen atoms in total. The maximum absolute atomic E-state index is 12.7. The van der Waals surface area contributed by atoms with Crippen LogP contribution in [0.5, 0.6) is 0 Å². The number of nitrogens with zero attached hydrogens (tertiary/aromatic N) is 1. The molecule has 0 fully saturated rings. The van der Waals surface area contributed by atoms with E-state index < -0.39 is 34.6 Å². The van der Waals surface area contributed by atoms with Crippen molar-refractivity contribution in [2.75, 3.05) is 5.32 Å². The molecule has 28 heavy (non-hydrogen) atoms. The van der Waals surface area contributed by atoms with Crippen molar-refractivity contribution in [3.8, 4) is 0 Å². The highest BCUT2D eigenvalue weighted by molar-refractivity contribution is 6.33. The van der Waals surface area contributed by atoms with Crippen molar-refractivity contribution in [1.29, 1.82) is 0 Å². The number of benzene rings is 2. The molecule has 2 rings (SSSR count). The molecule has 0 spiro atoms. The number of hydrogen-bond acceptors (Lipinski definition) is 5. The van der Waals surface area contributed by atoms with Crippen molar-refractivity contribution >= 4 is 34.9 Å². The molecule has 0 bridgehead atoms. The molecular formula is C17H12ClF3N2O5. The van der Waals surface area contributed by atoms with Gasteiger partial charge in [-0.15, -0.1) is 0 Å². The van der Waals surface area contributed by atoms with Crippen molar-refractivity contribution in [3.63, 3.8) is 0 Å². The van der Waals surface area contributed by atoms with Crippen LogP contribution in [-0.4, -0.2) is 22.9 Å². The average Bonchev–Trinajstić information content (AvgIpc) is 2.60. The number of nitrogens with one attached hydrogen (secondary N) is 1. The molecule has 148 valence electrons. The van der Waals surface area contributed by atoms with Crippen LogP contribution in [0.2, 0.25) is 5.02 Å². The van der Waals surface area contributed by atoms with Gasteiger partial charge in [-0.25, -0.2) is 4.79 Å². The third-order valence-corrected chi connectivity index (χ3v) is 3.81. The Morgan fingerprint density at radius 3 is 2.46 bits per heavy atom. The summed E-state index contributed by atoms with van der Waals surface area (Å²) in [5, 5.41) is 12.6. The standard InChI is InChI=1S/C17H12ClF3N2O5/c1-9(15(24)22-11-4-2-3-10(7-11)17(19,20)21)28-16(25)13-6-5-12(23(26)27)8-14(13)18/h2-9H,1H3,(H,22,24)/t9-/m0/s1. The number of carbonyl (C=O) groups excluding carboxylic acids is 2. The van der Waals surface area contributed by atoms with E-state index in [1.807, 2.05) is 0 Å². The summed E-state index contributed by atoms with van der Waals surface area (Å²) in [5.74, 6) is -1.89. The van der Waals surface area contributed by atoms with E-state index in [2.05, 4.69) is 5.32 Å². The highest BCUT2D eigenvalue weighted by Gasteiger charge is 2.30. The third kappa shape index (κ3) is 5.19. The Bertz CT molecular complexity index is 933. The normalized spacial score (nSPS) is 12.2. The minimum atomic E-state index is -4.58. The van der Waals surface area contributed by atoms with E-state index in [0.717, 1.165) is 36.4 Å². The first kappa shape index (κ1) is 21.2. The Kier molecular flexibility index (Phi) is 6.24. The second-order valence-electron chi connectivity index (χ2n) is 5.54. The van der Waals surface area contributed by atoms with Crippen LogP contribution in [0, 0.1) is 10.1 Å². The lowest BCUT2D eigenvalue weighted by Gasteiger charge is -2.15. The Labute approximate surface area is 161 Å². The first-order chi connectivity index (χ1) is 13.0. The summed E-state index contributed by atoms with van der Waals surface area (Å²) in [5.41, 5.74) is -1.62. The molecule has 1 amide bonds. The summed E-state index contributed by atoms with van der Waals surface area (Å²) in [4.78, 5) is 34.1. The molecule has 0 radical (unpaired) electrons. The van der Waals surface area contributed by atoms with E-state index in [-0.39, 0.29) is 22.0 Å². The lowest BCUT2D eigenvalue weighted by Crippen LogP contribution is -2.30. The zero-order valence-corrected chi connectivity index (χ0v) is 14.9. The molecule has 0 aliphatic carbocycles. The fourth-order valence-electron chi connectivity index (χ4n) is 2.08. The van der Waals surface area contributed by atoms with Gasteiger partial charge in [-0.2, -0.15) is 13.2 Å². The minimum absolute atomic E-state index is 0.129. The third-order valence-electron chi connectivity index (χ3n) is 3.49. The van der Waals surface area contributed by atoms with Crippen LogP contribution in [0.1, 0.15) is 22.8 Å². The first-order valence-corrected chi connectivity index (χ1v) is 8.00. The quantitative estimate of drug-likeness (QED) is 0.441. The molecule has 0 unspecified atom stereocenters. The van der Waals surface area contributed by atoms with Gasteiger partial charge in [-0.3, -0.25) is 14.9 Å². The predicted molar refractivity (Wildman–Crippen MR) is 93.1 cm³/mol. The van der Waals surface area contributed by atoms with Crippen molar-refractivity contribution in [2.24, 2.45) is 0 Å². The molecule has 0 saturated carbocycles. The molecule has 0 aromatic heterocycles. The molecular weight excluding hydrogens is 405 g/mol. The molecule has 1 atom stereocenters. The highest BCUT2D eigenvalue weighted by atomic mass is 35.5. The van der Waals surface area contributed by atoms with Gasteiger partial charge in [-0.1, -0.05) is 17.7 Å². The topological polar surface area (TPSA) is 98.5 Å². The number of amides is 1. The predicted octanol–water partition coefficient (Wildman–Crippen LogP) is 4.45.